The third-order valence-corrected chi connectivity index (χ3v) is 3.54. The average Bonchev–Trinajstić information content (AvgIpc) is 2.34. The van der Waals surface area contributed by atoms with E-state index in [1.54, 1.807) is 11.8 Å². The van der Waals surface area contributed by atoms with E-state index in [0.717, 1.165) is 0 Å². The zero-order chi connectivity index (χ0) is 16.2. The van der Waals surface area contributed by atoms with Crippen molar-refractivity contribution in [2.75, 3.05) is 27.2 Å². The molecule has 2 N–H and O–H groups in total. The number of nitrogens with zero attached hydrogens (tertiary/aromatic N) is 2. The standard InChI is InChI=1S/C13H18BrN3O4/c1-13(19,8-16(2)3)7-15-12(18)9-5-4-6-10(11(9)14)17(20)21/h4-6,19H,7-8H2,1-3H3,(H,15,18). The molecule has 8 heteroatoms. The number of nitro benzene ring substituents is 1. The Labute approximate surface area is 131 Å². The van der Waals surface area contributed by atoms with Crippen molar-refractivity contribution < 1.29 is 14.8 Å². The van der Waals surface area contributed by atoms with Gasteiger partial charge in [-0.25, -0.2) is 0 Å². The van der Waals surface area contributed by atoms with Gasteiger partial charge in [0.15, 0.2) is 0 Å². The Hall–Kier alpha value is -1.51. The number of likely N-dealkylation sites (N-methyl/N-ethyl adjacent to an activating group) is 1. The number of nitro groups is 1. The Morgan fingerprint density at radius 1 is 1.52 bits per heavy atom. The summed E-state index contributed by atoms with van der Waals surface area (Å²) in [4.78, 5) is 24.2. The van der Waals surface area contributed by atoms with Crippen LogP contribution in [0.5, 0.6) is 0 Å². The van der Waals surface area contributed by atoms with E-state index in [1.807, 2.05) is 14.1 Å². The average molecular weight is 360 g/mol. The number of carbonyl (C=O) groups is 1. The van der Waals surface area contributed by atoms with Gasteiger partial charge >= 0.3 is 0 Å². The van der Waals surface area contributed by atoms with E-state index in [0.29, 0.717) is 6.54 Å². The van der Waals surface area contributed by atoms with Crippen molar-refractivity contribution in [3.8, 4) is 0 Å². The van der Waals surface area contributed by atoms with Crippen molar-refractivity contribution >= 4 is 27.5 Å². The minimum atomic E-state index is -1.09. The van der Waals surface area contributed by atoms with Gasteiger partial charge in [-0.05, 0) is 43.0 Å². The fourth-order valence-corrected chi connectivity index (χ4v) is 2.53. The first-order chi connectivity index (χ1) is 9.64. The van der Waals surface area contributed by atoms with E-state index in [9.17, 15) is 20.0 Å². The first-order valence-electron chi connectivity index (χ1n) is 6.22. The highest BCUT2D eigenvalue weighted by atomic mass is 79.9. The lowest BCUT2D eigenvalue weighted by atomic mass is 10.1. The third kappa shape index (κ3) is 5.07. The van der Waals surface area contributed by atoms with Gasteiger partial charge in [-0.3, -0.25) is 14.9 Å². The third-order valence-electron chi connectivity index (χ3n) is 2.71. The predicted octanol–water partition coefficient (Wildman–Crippen LogP) is 1.40. The van der Waals surface area contributed by atoms with E-state index in [-0.39, 0.29) is 22.3 Å². The minimum Gasteiger partial charge on any atom is -0.387 e. The van der Waals surface area contributed by atoms with E-state index in [1.165, 1.54) is 18.2 Å². The number of rotatable bonds is 6. The van der Waals surface area contributed by atoms with Crippen LogP contribution in [-0.2, 0) is 0 Å². The quantitative estimate of drug-likeness (QED) is 0.591. The first-order valence-corrected chi connectivity index (χ1v) is 7.01. The Kier molecular flexibility index (Phi) is 5.82. The molecule has 0 bridgehead atoms. The maximum Gasteiger partial charge on any atom is 0.284 e. The molecule has 0 saturated heterocycles. The second-order valence-electron chi connectivity index (χ2n) is 5.31. The lowest BCUT2D eigenvalue weighted by Crippen LogP contribution is -2.47. The number of halogens is 1. The van der Waals surface area contributed by atoms with Gasteiger partial charge in [-0.2, -0.15) is 0 Å². The van der Waals surface area contributed by atoms with Crippen LogP contribution in [0.3, 0.4) is 0 Å². The summed E-state index contributed by atoms with van der Waals surface area (Å²) < 4.78 is 0.125. The van der Waals surface area contributed by atoms with Crippen LogP contribution in [0.4, 0.5) is 5.69 Å². The number of aliphatic hydroxyl groups is 1. The fraction of sp³-hybridized carbons (Fsp3) is 0.462. The highest BCUT2D eigenvalue weighted by Gasteiger charge is 2.24. The highest BCUT2D eigenvalue weighted by Crippen LogP contribution is 2.28. The van der Waals surface area contributed by atoms with Gasteiger partial charge in [0.25, 0.3) is 11.6 Å². The number of benzene rings is 1. The molecule has 1 unspecified atom stereocenters. The topological polar surface area (TPSA) is 95.7 Å². The van der Waals surface area contributed by atoms with Gasteiger partial charge in [0.2, 0.25) is 0 Å². The Morgan fingerprint density at radius 2 is 2.14 bits per heavy atom. The fourth-order valence-electron chi connectivity index (χ4n) is 1.94. The molecule has 0 radical (unpaired) electrons. The lowest BCUT2D eigenvalue weighted by Gasteiger charge is -2.27. The van der Waals surface area contributed by atoms with E-state index < -0.39 is 16.4 Å². The largest absolute Gasteiger partial charge is 0.387 e. The maximum atomic E-state index is 12.1. The molecule has 0 fully saturated rings. The minimum absolute atomic E-state index is 0.0408. The smallest absolute Gasteiger partial charge is 0.284 e. The van der Waals surface area contributed by atoms with Crippen LogP contribution < -0.4 is 5.32 Å². The summed E-state index contributed by atoms with van der Waals surface area (Å²) >= 11 is 3.07. The zero-order valence-electron chi connectivity index (χ0n) is 12.1. The zero-order valence-corrected chi connectivity index (χ0v) is 13.7. The molecule has 0 heterocycles. The summed E-state index contributed by atoms with van der Waals surface area (Å²) in [7, 11) is 3.63. The molecule has 0 spiro atoms. The molecule has 1 rings (SSSR count). The van der Waals surface area contributed by atoms with Crippen LogP contribution in [0, 0.1) is 10.1 Å². The molecule has 21 heavy (non-hydrogen) atoms. The molecule has 1 atom stereocenters. The summed E-state index contributed by atoms with van der Waals surface area (Å²) in [5.74, 6) is -0.482. The van der Waals surface area contributed by atoms with Crippen molar-refractivity contribution in [1.82, 2.24) is 10.2 Å². The molecule has 0 aliphatic rings. The molecule has 0 aromatic heterocycles. The normalized spacial score (nSPS) is 13.8. The van der Waals surface area contributed by atoms with Crippen LogP contribution in [0.1, 0.15) is 17.3 Å². The van der Waals surface area contributed by atoms with E-state index >= 15 is 0 Å². The summed E-state index contributed by atoms with van der Waals surface area (Å²) in [5.41, 5.74) is -1.11. The Morgan fingerprint density at radius 3 is 2.67 bits per heavy atom. The van der Waals surface area contributed by atoms with Crippen molar-refractivity contribution in [2.24, 2.45) is 0 Å². The monoisotopic (exact) mass is 359 g/mol. The number of carbonyl (C=O) groups excluding carboxylic acids is 1. The summed E-state index contributed by atoms with van der Waals surface area (Å²) in [6.07, 6.45) is 0. The first kappa shape index (κ1) is 17.5. The molecule has 116 valence electrons. The van der Waals surface area contributed by atoms with Crippen LogP contribution in [0.2, 0.25) is 0 Å². The molecule has 1 aromatic rings. The van der Waals surface area contributed by atoms with E-state index in [4.69, 9.17) is 0 Å². The van der Waals surface area contributed by atoms with Crippen LogP contribution in [0.15, 0.2) is 22.7 Å². The summed E-state index contributed by atoms with van der Waals surface area (Å²) in [5, 5.41) is 23.5. The van der Waals surface area contributed by atoms with Crippen molar-refractivity contribution in [2.45, 2.75) is 12.5 Å². The molecule has 0 aliphatic heterocycles. The van der Waals surface area contributed by atoms with Gasteiger partial charge in [0.1, 0.15) is 4.47 Å². The van der Waals surface area contributed by atoms with Crippen molar-refractivity contribution in [3.05, 3.63) is 38.3 Å². The molecular formula is C13H18BrN3O4. The van der Waals surface area contributed by atoms with E-state index in [2.05, 4.69) is 21.2 Å². The number of hydrogen-bond acceptors (Lipinski definition) is 5. The molecular weight excluding hydrogens is 342 g/mol. The molecule has 0 aliphatic carbocycles. The second kappa shape index (κ2) is 6.97. The highest BCUT2D eigenvalue weighted by molar-refractivity contribution is 9.10. The summed E-state index contributed by atoms with van der Waals surface area (Å²) in [6, 6.07) is 4.23. The second-order valence-corrected chi connectivity index (χ2v) is 6.11. The molecule has 0 saturated carbocycles. The van der Waals surface area contributed by atoms with Crippen LogP contribution in [0.25, 0.3) is 0 Å². The SMILES string of the molecule is CN(C)CC(C)(O)CNC(=O)c1cccc([N+](=O)[O-])c1Br. The van der Waals surface area contributed by atoms with Crippen molar-refractivity contribution in [3.63, 3.8) is 0 Å². The number of nitrogens with one attached hydrogen (secondary N) is 1. The van der Waals surface area contributed by atoms with Gasteiger partial charge in [-0.15, -0.1) is 0 Å². The molecule has 1 aromatic carbocycles. The van der Waals surface area contributed by atoms with Crippen LogP contribution in [-0.4, -0.2) is 53.6 Å². The van der Waals surface area contributed by atoms with Gasteiger partial charge in [0.05, 0.1) is 16.1 Å². The molecule has 1 amide bonds. The lowest BCUT2D eigenvalue weighted by molar-refractivity contribution is -0.385. The Bertz CT molecular complexity index is 546. The van der Waals surface area contributed by atoms with Crippen LogP contribution >= 0.6 is 15.9 Å². The van der Waals surface area contributed by atoms with Crippen molar-refractivity contribution in [1.29, 1.82) is 0 Å². The Balaban J connectivity index is 2.82. The number of amides is 1. The maximum absolute atomic E-state index is 12.1. The van der Waals surface area contributed by atoms with Gasteiger partial charge in [-0.1, -0.05) is 6.07 Å². The predicted molar refractivity (Wildman–Crippen MR) is 82.3 cm³/mol. The number of hydrogen-bond donors (Lipinski definition) is 2. The van der Waals surface area contributed by atoms with Gasteiger partial charge in [0, 0.05) is 19.2 Å². The van der Waals surface area contributed by atoms with Gasteiger partial charge < -0.3 is 15.3 Å². The summed E-state index contributed by atoms with van der Waals surface area (Å²) in [6.45, 7) is 2.03. The molecule has 7 nitrogen and oxygen atoms in total.